The Morgan fingerprint density at radius 3 is 2.43 bits per heavy atom. The van der Waals surface area contributed by atoms with E-state index >= 15 is 0 Å². The molecule has 0 fully saturated rings. The molecule has 3 heteroatoms. The van der Waals surface area contributed by atoms with Crippen LogP contribution >= 0.6 is 0 Å². The van der Waals surface area contributed by atoms with Gasteiger partial charge in [0.15, 0.2) is 0 Å². The van der Waals surface area contributed by atoms with Gasteiger partial charge in [0.1, 0.15) is 0 Å². The van der Waals surface area contributed by atoms with Crippen LogP contribution in [0.1, 0.15) is 29.7 Å². The van der Waals surface area contributed by atoms with E-state index in [1.165, 1.54) is 0 Å². The molecule has 0 aliphatic rings. The lowest BCUT2D eigenvalue weighted by Gasteiger charge is -2.20. The summed E-state index contributed by atoms with van der Waals surface area (Å²) >= 11 is 0. The van der Waals surface area contributed by atoms with E-state index in [2.05, 4.69) is 5.32 Å². The summed E-state index contributed by atoms with van der Waals surface area (Å²) in [6, 6.07) is 15.4. The van der Waals surface area contributed by atoms with E-state index in [0.29, 0.717) is 0 Å². The zero-order valence-corrected chi connectivity index (χ0v) is 12.8. The van der Waals surface area contributed by atoms with Crippen molar-refractivity contribution in [1.29, 1.82) is 0 Å². The van der Waals surface area contributed by atoms with Crippen molar-refractivity contribution in [3.05, 3.63) is 65.2 Å². The molecule has 2 unspecified atom stereocenters. The van der Waals surface area contributed by atoms with Gasteiger partial charge in [-0.15, -0.1) is 0 Å². The molecule has 0 saturated heterocycles. The Bertz CT molecular complexity index is 622. The van der Waals surface area contributed by atoms with Crippen molar-refractivity contribution >= 4 is 11.6 Å². The minimum absolute atomic E-state index is 0.0555. The Balaban J connectivity index is 2.11. The summed E-state index contributed by atoms with van der Waals surface area (Å²) in [6.07, 6.45) is 0. The van der Waals surface area contributed by atoms with E-state index in [1.807, 2.05) is 69.3 Å². The third kappa shape index (κ3) is 3.70. The second kappa shape index (κ2) is 6.55. The van der Waals surface area contributed by atoms with Gasteiger partial charge in [-0.1, -0.05) is 49.4 Å². The Labute approximate surface area is 126 Å². The molecule has 3 N–H and O–H groups in total. The van der Waals surface area contributed by atoms with Crippen molar-refractivity contribution in [1.82, 2.24) is 0 Å². The minimum Gasteiger partial charge on any atom is -0.326 e. The molecule has 2 aromatic rings. The van der Waals surface area contributed by atoms with Gasteiger partial charge >= 0.3 is 0 Å². The number of nitrogens with one attached hydrogen (secondary N) is 1. The maximum absolute atomic E-state index is 12.4. The van der Waals surface area contributed by atoms with Gasteiger partial charge in [-0.25, -0.2) is 0 Å². The van der Waals surface area contributed by atoms with Gasteiger partial charge in [-0.2, -0.15) is 0 Å². The van der Waals surface area contributed by atoms with Crippen molar-refractivity contribution in [2.75, 3.05) is 5.32 Å². The van der Waals surface area contributed by atoms with Gasteiger partial charge in [0.25, 0.3) is 0 Å². The molecule has 21 heavy (non-hydrogen) atoms. The first-order chi connectivity index (χ1) is 9.99. The lowest BCUT2D eigenvalue weighted by Crippen LogP contribution is -2.30. The van der Waals surface area contributed by atoms with Crippen molar-refractivity contribution in [2.24, 2.45) is 11.7 Å². The van der Waals surface area contributed by atoms with E-state index in [0.717, 1.165) is 22.4 Å². The smallest absolute Gasteiger partial charge is 0.229 e. The second-order valence-electron chi connectivity index (χ2n) is 5.53. The number of amides is 1. The maximum Gasteiger partial charge on any atom is 0.229 e. The van der Waals surface area contributed by atoms with E-state index < -0.39 is 0 Å². The summed E-state index contributed by atoms with van der Waals surface area (Å²) in [6.45, 7) is 5.85. The Morgan fingerprint density at radius 2 is 1.76 bits per heavy atom. The normalized spacial score (nSPS) is 13.5. The molecule has 3 nitrogen and oxygen atoms in total. The number of carbonyl (C=O) groups excluding carboxylic acids is 1. The highest BCUT2D eigenvalue weighted by molar-refractivity contribution is 5.93. The number of hydrogen-bond donors (Lipinski definition) is 2. The molecule has 2 rings (SSSR count). The first-order valence-electron chi connectivity index (χ1n) is 7.17. The average Bonchev–Trinajstić information content (AvgIpc) is 2.50. The summed E-state index contributed by atoms with van der Waals surface area (Å²) in [7, 11) is 0. The number of hydrogen-bond acceptors (Lipinski definition) is 2. The minimum atomic E-state index is -0.309. The summed E-state index contributed by atoms with van der Waals surface area (Å²) < 4.78 is 0. The van der Waals surface area contributed by atoms with E-state index in [4.69, 9.17) is 5.73 Å². The summed E-state index contributed by atoms with van der Waals surface area (Å²) in [5.74, 6) is -0.354. The number of aryl methyl sites for hydroxylation is 2. The monoisotopic (exact) mass is 282 g/mol. The van der Waals surface area contributed by atoms with E-state index in [1.54, 1.807) is 0 Å². The van der Waals surface area contributed by atoms with Crippen LogP contribution in [0.2, 0.25) is 0 Å². The predicted molar refractivity (Wildman–Crippen MR) is 87.1 cm³/mol. The zero-order valence-electron chi connectivity index (χ0n) is 12.8. The second-order valence-corrected chi connectivity index (χ2v) is 5.53. The molecule has 0 spiro atoms. The topological polar surface area (TPSA) is 55.1 Å². The molecule has 0 saturated carbocycles. The molecular formula is C18H22N2O. The fraction of sp³-hybridized carbons (Fsp3) is 0.278. The number of rotatable bonds is 4. The van der Waals surface area contributed by atoms with Crippen LogP contribution in [0.4, 0.5) is 5.69 Å². The van der Waals surface area contributed by atoms with Crippen molar-refractivity contribution < 1.29 is 4.79 Å². The summed E-state index contributed by atoms with van der Waals surface area (Å²) in [5.41, 5.74) is 10.2. The van der Waals surface area contributed by atoms with E-state index in [9.17, 15) is 4.79 Å². The SMILES string of the molecule is Cc1ccc(C)c(NC(=O)C(C)C(N)c2ccccc2)c1. The van der Waals surface area contributed by atoms with Crippen LogP contribution in [0.15, 0.2) is 48.5 Å². The van der Waals surface area contributed by atoms with Crippen LogP contribution in [0, 0.1) is 19.8 Å². The Kier molecular flexibility index (Phi) is 4.76. The van der Waals surface area contributed by atoms with E-state index in [-0.39, 0.29) is 17.9 Å². The first kappa shape index (κ1) is 15.3. The van der Waals surface area contributed by atoms with Crippen LogP contribution < -0.4 is 11.1 Å². The van der Waals surface area contributed by atoms with Crippen LogP contribution in [-0.2, 0) is 4.79 Å². The summed E-state index contributed by atoms with van der Waals surface area (Å²) in [5, 5.41) is 2.98. The molecule has 0 radical (unpaired) electrons. The van der Waals surface area contributed by atoms with Crippen LogP contribution in [0.3, 0.4) is 0 Å². The predicted octanol–water partition coefficient (Wildman–Crippen LogP) is 3.58. The number of anilines is 1. The Hall–Kier alpha value is -2.13. The van der Waals surface area contributed by atoms with Crippen molar-refractivity contribution in [2.45, 2.75) is 26.8 Å². The third-order valence-electron chi connectivity index (χ3n) is 3.79. The van der Waals surface area contributed by atoms with Gasteiger partial charge < -0.3 is 11.1 Å². The lowest BCUT2D eigenvalue weighted by molar-refractivity contribution is -0.120. The number of nitrogens with two attached hydrogens (primary N) is 1. The van der Waals surface area contributed by atoms with Gasteiger partial charge in [-0.3, -0.25) is 4.79 Å². The molecule has 0 aliphatic heterocycles. The van der Waals surface area contributed by atoms with Crippen molar-refractivity contribution in [3.8, 4) is 0 Å². The number of benzene rings is 2. The molecule has 1 amide bonds. The molecule has 0 bridgehead atoms. The van der Waals surface area contributed by atoms with Crippen LogP contribution in [0.25, 0.3) is 0 Å². The first-order valence-corrected chi connectivity index (χ1v) is 7.17. The standard InChI is InChI=1S/C18H22N2O/c1-12-9-10-13(2)16(11-12)20-18(21)14(3)17(19)15-7-5-4-6-8-15/h4-11,14,17H,19H2,1-3H3,(H,20,21). The highest BCUT2D eigenvalue weighted by Crippen LogP contribution is 2.22. The summed E-state index contributed by atoms with van der Waals surface area (Å²) in [4.78, 5) is 12.4. The molecule has 0 aliphatic carbocycles. The van der Waals surface area contributed by atoms with Gasteiger partial charge in [0, 0.05) is 11.7 Å². The fourth-order valence-electron chi connectivity index (χ4n) is 2.24. The quantitative estimate of drug-likeness (QED) is 0.900. The zero-order chi connectivity index (χ0) is 15.4. The molecular weight excluding hydrogens is 260 g/mol. The van der Waals surface area contributed by atoms with Crippen LogP contribution in [-0.4, -0.2) is 5.91 Å². The van der Waals surface area contributed by atoms with Crippen LogP contribution in [0.5, 0.6) is 0 Å². The molecule has 110 valence electrons. The van der Waals surface area contributed by atoms with Gasteiger partial charge in [0.05, 0.1) is 5.92 Å². The van der Waals surface area contributed by atoms with Crippen molar-refractivity contribution in [3.63, 3.8) is 0 Å². The lowest BCUT2D eigenvalue weighted by atomic mass is 9.94. The van der Waals surface area contributed by atoms with Gasteiger partial charge in [0.2, 0.25) is 5.91 Å². The van der Waals surface area contributed by atoms with Gasteiger partial charge in [-0.05, 0) is 36.6 Å². The molecule has 0 aromatic heterocycles. The molecule has 2 atom stereocenters. The largest absolute Gasteiger partial charge is 0.326 e. The highest BCUT2D eigenvalue weighted by atomic mass is 16.1. The molecule has 2 aromatic carbocycles. The maximum atomic E-state index is 12.4. The fourth-order valence-corrected chi connectivity index (χ4v) is 2.24. The Morgan fingerprint density at radius 1 is 1.10 bits per heavy atom. The average molecular weight is 282 g/mol. The molecule has 0 heterocycles. The third-order valence-corrected chi connectivity index (χ3v) is 3.79. The number of carbonyl (C=O) groups is 1. The highest BCUT2D eigenvalue weighted by Gasteiger charge is 2.22.